The molecule has 10 heavy (non-hydrogen) atoms. The quantitative estimate of drug-likeness (QED) is 0.218. The van der Waals surface area contributed by atoms with Crippen LogP contribution in [0, 0.1) is 0 Å². The zero-order valence-electron chi connectivity index (χ0n) is 4.92. The number of hydrogen-bond donors (Lipinski definition) is 0. The van der Waals surface area contributed by atoms with Crippen molar-refractivity contribution in [1.29, 1.82) is 0 Å². The second-order valence-electron chi connectivity index (χ2n) is 1.08. The van der Waals surface area contributed by atoms with Gasteiger partial charge in [-0.2, -0.15) is 0 Å². The average Bonchev–Trinajstić information content (AvgIpc) is 1.87. The van der Waals surface area contributed by atoms with Crippen LogP contribution in [0.2, 0.25) is 0 Å². The Morgan fingerprint density at radius 2 is 2.00 bits per heavy atom. The summed E-state index contributed by atoms with van der Waals surface area (Å²) in [4.78, 5) is 20.2. The normalized spacial score (nSPS) is 6.90. The number of methoxy groups -OCH3 is 1. The van der Waals surface area contributed by atoms with Crippen LogP contribution in [-0.4, -0.2) is 38.1 Å². The summed E-state index contributed by atoms with van der Waals surface area (Å²) < 4.78 is 7.92. The molecular formula is C5H7LiO4. The summed E-state index contributed by atoms with van der Waals surface area (Å²) in [5.41, 5.74) is 0. The van der Waals surface area contributed by atoms with Crippen molar-refractivity contribution < 1.29 is 19.1 Å². The van der Waals surface area contributed by atoms with Crippen molar-refractivity contribution in [2.24, 2.45) is 0 Å². The van der Waals surface area contributed by atoms with Gasteiger partial charge in [0.15, 0.2) is 0 Å². The van der Waals surface area contributed by atoms with Crippen LogP contribution in [0.4, 0.5) is 4.79 Å². The first kappa shape index (κ1) is 12.0. The zero-order chi connectivity index (χ0) is 7.28. The van der Waals surface area contributed by atoms with Gasteiger partial charge in [0.25, 0.3) is 0 Å². The number of esters is 1. The number of hydrogen-bond acceptors (Lipinski definition) is 4. The average molecular weight is 138 g/mol. The van der Waals surface area contributed by atoms with Crippen molar-refractivity contribution in [2.75, 3.05) is 7.11 Å². The topological polar surface area (TPSA) is 52.6 Å². The van der Waals surface area contributed by atoms with E-state index in [9.17, 15) is 9.59 Å². The summed E-state index contributed by atoms with van der Waals surface area (Å²) >= 11 is 0. The molecule has 5 heteroatoms. The molecule has 4 nitrogen and oxygen atoms in total. The van der Waals surface area contributed by atoms with Gasteiger partial charge in [0, 0.05) is 6.08 Å². The monoisotopic (exact) mass is 138 g/mol. The van der Waals surface area contributed by atoms with E-state index in [2.05, 4.69) is 16.1 Å². The van der Waals surface area contributed by atoms with Crippen LogP contribution in [0.25, 0.3) is 0 Å². The summed E-state index contributed by atoms with van der Waals surface area (Å²) in [7, 11) is 1.11. The molecule has 0 radical (unpaired) electrons. The Labute approximate surface area is 70.4 Å². The van der Waals surface area contributed by atoms with Gasteiger partial charge in [-0.25, -0.2) is 9.59 Å². The third-order valence-electron chi connectivity index (χ3n) is 0.517. The van der Waals surface area contributed by atoms with Gasteiger partial charge in [0.05, 0.1) is 7.11 Å². The van der Waals surface area contributed by atoms with E-state index in [1.54, 1.807) is 0 Å². The van der Waals surface area contributed by atoms with Gasteiger partial charge in [-0.3, -0.25) is 0 Å². The number of rotatable bonds is 1. The predicted molar refractivity (Wildman–Crippen MR) is 35.8 cm³/mol. The molecule has 0 rings (SSSR count). The van der Waals surface area contributed by atoms with E-state index >= 15 is 0 Å². The first-order valence-corrected chi connectivity index (χ1v) is 2.13. The Morgan fingerprint density at radius 3 is 2.30 bits per heavy atom. The fourth-order valence-corrected chi connectivity index (χ4v) is 0.165. The molecule has 0 aliphatic heterocycles. The van der Waals surface area contributed by atoms with Crippen molar-refractivity contribution in [3.63, 3.8) is 0 Å². The number of carbonyl (C=O) groups excluding carboxylic acids is 2. The molecule has 0 amide bonds. The van der Waals surface area contributed by atoms with Gasteiger partial charge in [-0.15, -0.1) is 0 Å². The fraction of sp³-hybridized carbons (Fsp3) is 0.200. The van der Waals surface area contributed by atoms with Gasteiger partial charge in [0.1, 0.15) is 0 Å². The van der Waals surface area contributed by atoms with E-state index in [1.165, 1.54) is 0 Å². The molecule has 0 aromatic heterocycles. The molecule has 0 unspecified atom stereocenters. The van der Waals surface area contributed by atoms with Gasteiger partial charge in [-0.1, -0.05) is 6.58 Å². The van der Waals surface area contributed by atoms with E-state index in [0.29, 0.717) is 0 Å². The first-order chi connectivity index (χ1) is 4.20. The zero-order valence-corrected chi connectivity index (χ0v) is 4.92. The summed E-state index contributed by atoms with van der Waals surface area (Å²) in [6.45, 7) is 3.07. The summed E-state index contributed by atoms with van der Waals surface area (Å²) in [5.74, 6) is -0.818. The van der Waals surface area contributed by atoms with Gasteiger partial charge >= 0.3 is 31.0 Å². The number of carbonyl (C=O) groups is 2. The standard InChI is InChI=1S/C5H6O4.Li.H/c1-3-4(6)9-5(7)8-2;;/h3H,1H2,2H3;;. The molecule has 0 aromatic carbocycles. The molecule has 0 heterocycles. The van der Waals surface area contributed by atoms with E-state index in [1.807, 2.05) is 0 Å². The van der Waals surface area contributed by atoms with Crippen molar-refractivity contribution in [1.82, 2.24) is 0 Å². The maximum atomic E-state index is 10.1. The van der Waals surface area contributed by atoms with Crippen LogP contribution in [-0.2, 0) is 14.3 Å². The van der Waals surface area contributed by atoms with Gasteiger partial charge in [-0.05, 0) is 0 Å². The van der Waals surface area contributed by atoms with E-state index in [4.69, 9.17) is 0 Å². The van der Waals surface area contributed by atoms with Crippen molar-refractivity contribution in [2.45, 2.75) is 0 Å². The van der Waals surface area contributed by atoms with Crippen molar-refractivity contribution in [3.8, 4) is 0 Å². The van der Waals surface area contributed by atoms with Crippen molar-refractivity contribution >= 4 is 31.0 Å². The van der Waals surface area contributed by atoms with Crippen LogP contribution in [0.15, 0.2) is 12.7 Å². The molecule has 0 saturated heterocycles. The Kier molecular flexibility index (Phi) is 7.68. The second-order valence-corrected chi connectivity index (χ2v) is 1.08. The maximum absolute atomic E-state index is 10.1. The van der Waals surface area contributed by atoms with Gasteiger partial charge < -0.3 is 9.47 Å². The van der Waals surface area contributed by atoms with Crippen molar-refractivity contribution in [3.05, 3.63) is 12.7 Å². The Morgan fingerprint density at radius 1 is 1.50 bits per heavy atom. The summed E-state index contributed by atoms with van der Waals surface area (Å²) in [5, 5.41) is 0. The second kappa shape index (κ2) is 6.40. The summed E-state index contributed by atoms with van der Waals surface area (Å²) in [6, 6.07) is 0. The van der Waals surface area contributed by atoms with Crippen LogP contribution in [0.3, 0.4) is 0 Å². The molecule has 0 aliphatic carbocycles. The van der Waals surface area contributed by atoms with Crippen LogP contribution < -0.4 is 0 Å². The van der Waals surface area contributed by atoms with Gasteiger partial charge in [0.2, 0.25) is 0 Å². The minimum atomic E-state index is -1.03. The van der Waals surface area contributed by atoms with E-state index in [-0.39, 0.29) is 18.9 Å². The number of ether oxygens (including phenoxy) is 2. The van der Waals surface area contributed by atoms with Crippen LogP contribution in [0.5, 0.6) is 0 Å². The molecule has 0 aliphatic rings. The van der Waals surface area contributed by atoms with Crippen LogP contribution in [0.1, 0.15) is 0 Å². The Balaban J connectivity index is 0. The molecule has 0 spiro atoms. The van der Waals surface area contributed by atoms with E-state index < -0.39 is 12.1 Å². The summed E-state index contributed by atoms with van der Waals surface area (Å²) in [6.07, 6.45) is -0.156. The fourth-order valence-electron chi connectivity index (χ4n) is 0.165. The molecule has 0 fully saturated rings. The van der Waals surface area contributed by atoms with E-state index in [0.717, 1.165) is 13.2 Å². The molecule has 0 aromatic rings. The molecule has 0 atom stereocenters. The SMILES string of the molecule is C=CC(=O)OC(=O)OC.[LiH]. The first-order valence-electron chi connectivity index (χ1n) is 2.13. The molecule has 0 bridgehead atoms. The molecule has 52 valence electrons. The third-order valence-corrected chi connectivity index (χ3v) is 0.517. The minimum absolute atomic E-state index is 0. The molecular weight excluding hydrogens is 131 g/mol. The Hall–Kier alpha value is -0.723. The molecule has 0 saturated carbocycles. The Bertz CT molecular complexity index is 143. The predicted octanol–water partition coefficient (Wildman–Crippen LogP) is -0.167. The molecule has 0 N–H and O–H groups in total. The third kappa shape index (κ3) is 5.41. The van der Waals surface area contributed by atoms with Crippen LogP contribution >= 0.6 is 0 Å².